The first-order chi connectivity index (χ1) is 6.38. The lowest BCUT2D eigenvalue weighted by Crippen LogP contribution is -2.27. The molecular weight excluding hydrogens is 168 g/mol. The smallest absolute Gasteiger partial charge is 0.0950 e. The SMILES string of the molecule is COCCCC(NN)c1ccoc1. The number of nitrogens with one attached hydrogen (secondary N) is 1. The molecule has 0 fully saturated rings. The zero-order valence-electron chi connectivity index (χ0n) is 7.82. The summed E-state index contributed by atoms with van der Waals surface area (Å²) in [4.78, 5) is 0. The summed E-state index contributed by atoms with van der Waals surface area (Å²) in [7, 11) is 1.70. The van der Waals surface area contributed by atoms with Gasteiger partial charge < -0.3 is 9.15 Å². The Hall–Kier alpha value is -0.840. The van der Waals surface area contributed by atoms with Crippen molar-refractivity contribution in [1.29, 1.82) is 0 Å². The molecule has 13 heavy (non-hydrogen) atoms. The van der Waals surface area contributed by atoms with Crippen LogP contribution in [-0.4, -0.2) is 13.7 Å². The van der Waals surface area contributed by atoms with Crippen molar-refractivity contribution < 1.29 is 9.15 Å². The standard InChI is InChI=1S/C9H16N2O2/c1-12-5-2-3-9(11-10)8-4-6-13-7-8/h4,6-7,9,11H,2-3,5,10H2,1H3. The lowest BCUT2D eigenvalue weighted by molar-refractivity contribution is 0.188. The highest BCUT2D eigenvalue weighted by Crippen LogP contribution is 2.17. The van der Waals surface area contributed by atoms with E-state index >= 15 is 0 Å². The monoisotopic (exact) mass is 184 g/mol. The van der Waals surface area contributed by atoms with E-state index in [2.05, 4.69) is 5.43 Å². The second-order valence-corrected chi connectivity index (χ2v) is 2.91. The van der Waals surface area contributed by atoms with Crippen LogP contribution < -0.4 is 11.3 Å². The van der Waals surface area contributed by atoms with Gasteiger partial charge in [-0.25, -0.2) is 0 Å². The van der Waals surface area contributed by atoms with Crippen LogP contribution in [0.1, 0.15) is 24.4 Å². The number of hydrogen-bond donors (Lipinski definition) is 2. The Labute approximate surface area is 78.0 Å². The van der Waals surface area contributed by atoms with Crippen LogP contribution in [0, 0.1) is 0 Å². The largest absolute Gasteiger partial charge is 0.472 e. The molecular formula is C9H16N2O2. The number of ether oxygens (including phenoxy) is 1. The summed E-state index contributed by atoms with van der Waals surface area (Å²) in [5.41, 5.74) is 3.83. The van der Waals surface area contributed by atoms with Gasteiger partial charge >= 0.3 is 0 Å². The second-order valence-electron chi connectivity index (χ2n) is 2.91. The van der Waals surface area contributed by atoms with Crippen LogP contribution in [0.5, 0.6) is 0 Å². The van der Waals surface area contributed by atoms with E-state index in [1.54, 1.807) is 19.6 Å². The minimum absolute atomic E-state index is 0.161. The summed E-state index contributed by atoms with van der Waals surface area (Å²) in [6.07, 6.45) is 5.29. The average Bonchev–Trinajstić information content (AvgIpc) is 2.65. The summed E-state index contributed by atoms with van der Waals surface area (Å²) in [6, 6.07) is 2.08. The predicted octanol–water partition coefficient (Wildman–Crippen LogP) is 1.21. The summed E-state index contributed by atoms with van der Waals surface area (Å²) in [5.74, 6) is 5.41. The van der Waals surface area contributed by atoms with Gasteiger partial charge in [-0.3, -0.25) is 11.3 Å². The molecule has 0 aliphatic rings. The Morgan fingerprint density at radius 2 is 2.54 bits per heavy atom. The Morgan fingerprint density at radius 1 is 1.69 bits per heavy atom. The van der Waals surface area contributed by atoms with Gasteiger partial charge in [0.25, 0.3) is 0 Å². The van der Waals surface area contributed by atoms with Crippen molar-refractivity contribution in [3.05, 3.63) is 24.2 Å². The van der Waals surface area contributed by atoms with Crippen molar-refractivity contribution in [2.24, 2.45) is 5.84 Å². The van der Waals surface area contributed by atoms with Crippen molar-refractivity contribution in [2.75, 3.05) is 13.7 Å². The quantitative estimate of drug-likeness (QED) is 0.396. The first-order valence-corrected chi connectivity index (χ1v) is 4.35. The summed E-state index contributed by atoms with van der Waals surface area (Å²) in [5, 5.41) is 0. The highest BCUT2D eigenvalue weighted by molar-refractivity contribution is 5.10. The van der Waals surface area contributed by atoms with E-state index in [9.17, 15) is 0 Å². The molecule has 0 radical (unpaired) electrons. The zero-order chi connectivity index (χ0) is 9.52. The van der Waals surface area contributed by atoms with Gasteiger partial charge in [-0.05, 0) is 18.9 Å². The fourth-order valence-electron chi connectivity index (χ4n) is 1.25. The first-order valence-electron chi connectivity index (χ1n) is 4.35. The third kappa shape index (κ3) is 3.18. The van der Waals surface area contributed by atoms with Crippen molar-refractivity contribution in [3.63, 3.8) is 0 Å². The molecule has 0 spiro atoms. The van der Waals surface area contributed by atoms with E-state index in [0.29, 0.717) is 0 Å². The van der Waals surface area contributed by atoms with E-state index in [0.717, 1.165) is 25.0 Å². The Kier molecular flexibility index (Phi) is 4.53. The highest BCUT2D eigenvalue weighted by atomic mass is 16.5. The number of hydrazine groups is 1. The van der Waals surface area contributed by atoms with Crippen molar-refractivity contribution >= 4 is 0 Å². The molecule has 0 aliphatic carbocycles. The van der Waals surface area contributed by atoms with Gasteiger partial charge in [0, 0.05) is 25.3 Å². The van der Waals surface area contributed by atoms with Crippen LogP contribution in [0.2, 0.25) is 0 Å². The Morgan fingerprint density at radius 3 is 3.08 bits per heavy atom. The van der Waals surface area contributed by atoms with Crippen molar-refractivity contribution in [1.82, 2.24) is 5.43 Å². The molecule has 1 aromatic heterocycles. The zero-order valence-corrected chi connectivity index (χ0v) is 7.82. The van der Waals surface area contributed by atoms with Gasteiger partial charge in [-0.15, -0.1) is 0 Å². The number of methoxy groups -OCH3 is 1. The molecule has 0 aromatic carbocycles. The molecule has 4 heteroatoms. The number of hydrogen-bond acceptors (Lipinski definition) is 4. The van der Waals surface area contributed by atoms with Gasteiger partial charge in [-0.1, -0.05) is 0 Å². The minimum Gasteiger partial charge on any atom is -0.472 e. The van der Waals surface area contributed by atoms with Gasteiger partial charge in [0.05, 0.1) is 12.5 Å². The molecule has 1 atom stereocenters. The van der Waals surface area contributed by atoms with Crippen LogP contribution in [0.4, 0.5) is 0 Å². The van der Waals surface area contributed by atoms with Crippen molar-refractivity contribution in [3.8, 4) is 0 Å². The molecule has 0 aliphatic heterocycles. The predicted molar refractivity (Wildman–Crippen MR) is 49.9 cm³/mol. The molecule has 3 N–H and O–H groups in total. The van der Waals surface area contributed by atoms with E-state index in [4.69, 9.17) is 15.0 Å². The molecule has 0 saturated carbocycles. The second kappa shape index (κ2) is 5.75. The maximum atomic E-state index is 5.41. The number of rotatable bonds is 6. The lowest BCUT2D eigenvalue weighted by Gasteiger charge is -2.12. The summed E-state index contributed by atoms with van der Waals surface area (Å²) < 4.78 is 9.94. The summed E-state index contributed by atoms with van der Waals surface area (Å²) >= 11 is 0. The number of furan rings is 1. The molecule has 0 bridgehead atoms. The topological polar surface area (TPSA) is 60.4 Å². The molecule has 1 rings (SSSR count). The van der Waals surface area contributed by atoms with E-state index in [-0.39, 0.29) is 6.04 Å². The average molecular weight is 184 g/mol. The van der Waals surface area contributed by atoms with Crippen LogP contribution in [0.15, 0.2) is 23.0 Å². The van der Waals surface area contributed by atoms with Crippen LogP contribution >= 0.6 is 0 Å². The van der Waals surface area contributed by atoms with E-state index in [1.165, 1.54) is 0 Å². The molecule has 0 amide bonds. The molecule has 4 nitrogen and oxygen atoms in total. The van der Waals surface area contributed by atoms with Gasteiger partial charge in [0.1, 0.15) is 0 Å². The Bertz CT molecular complexity index is 211. The van der Waals surface area contributed by atoms with E-state index in [1.807, 2.05) is 6.07 Å². The Balaban J connectivity index is 2.35. The normalized spacial score (nSPS) is 13.1. The van der Waals surface area contributed by atoms with Crippen LogP contribution in [0.25, 0.3) is 0 Å². The fourth-order valence-corrected chi connectivity index (χ4v) is 1.25. The molecule has 1 aromatic rings. The molecule has 0 saturated heterocycles. The first kappa shape index (κ1) is 10.2. The molecule has 1 heterocycles. The maximum absolute atomic E-state index is 5.41. The third-order valence-electron chi connectivity index (χ3n) is 1.99. The van der Waals surface area contributed by atoms with Crippen LogP contribution in [-0.2, 0) is 4.74 Å². The van der Waals surface area contributed by atoms with Crippen molar-refractivity contribution in [2.45, 2.75) is 18.9 Å². The van der Waals surface area contributed by atoms with Gasteiger partial charge in [0.15, 0.2) is 0 Å². The van der Waals surface area contributed by atoms with Crippen LogP contribution in [0.3, 0.4) is 0 Å². The lowest BCUT2D eigenvalue weighted by atomic mass is 10.1. The maximum Gasteiger partial charge on any atom is 0.0950 e. The fraction of sp³-hybridized carbons (Fsp3) is 0.556. The molecule has 74 valence electrons. The highest BCUT2D eigenvalue weighted by Gasteiger charge is 2.09. The van der Waals surface area contributed by atoms with E-state index < -0.39 is 0 Å². The number of nitrogens with two attached hydrogens (primary N) is 1. The van der Waals surface area contributed by atoms with Gasteiger partial charge in [0.2, 0.25) is 0 Å². The van der Waals surface area contributed by atoms with Gasteiger partial charge in [-0.2, -0.15) is 0 Å². The molecule has 1 unspecified atom stereocenters. The third-order valence-corrected chi connectivity index (χ3v) is 1.99. The minimum atomic E-state index is 0.161. The summed E-state index contributed by atoms with van der Waals surface area (Å²) in [6.45, 7) is 0.760.